The third kappa shape index (κ3) is 5.64. The number of halogens is 1. The zero-order chi connectivity index (χ0) is 23.2. The van der Waals surface area contributed by atoms with Gasteiger partial charge in [0, 0.05) is 11.3 Å². The van der Waals surface area contributed by atoms with E-state index in [-0.39, 0.29) is 11.2 Å². The van der Waals surface area contributed by atoms with Crippen LogP contribution < -0.4 is 5.32 Å². The molecule has 0 aliphatic heterocycles. The van der Waals surface area contributed by atoms with Crippen LogP contribution in [0.5, 0.6) is 0 Å². The van der Waals surface area contributed by atoms with Gasteiger partial charge >= 0.3 is 0 Å². The van der Waals surface area contributed by atoms with Crippen LogP contribution in [-0.4, -0.2) is 25.9 Å². The number of aromatic nitrogens is 3. The lowest BCUT2D eigenvalue weighted by Crippen LogP contribution is -2.23. The number of hydrogen-bond donors (Lipinski definition) is 1. The second-order valence-electron chi connectivity index (χ2n) is 7.66. The minimum atomic E-state index is -0.367. The molecule has 0 bridgehead atoms. The van der Waals surface area contributed by atoms with Crippen molar-refractivity contribution in [1.82, 2.24) is 14.8 Å². The van der Waals surface area contributed by atoms with Crippen LogP contribution in [0.2, 0.25) is 5.02 Å². The van der Waals surface area contributed by atoms with Crippen molar-refractivity contribution in [2.75, 3.05) is 5.32 Å². The zero-order valence-corrected chi connectivity index (χ0v) is 20.1. The van der Waals surface area contributed by atoms with E-state index in [1.165, 1.54) is 17.3 Å². The second kappa shape index (κ2) is 10.7. The molecule has 0 saturated heterocycles. The van der Waals surface area contributed by atoms with Crippen LogP contribution in [0.15, 0.2) is 84.0 Å². The molecular formula is C26H25ClN4OS. The number of amides is 1. The normalized spacial score (nSPS) is 11.8. The largest absolute Gasteiger partial charge is 0.325 e. The fourth-order valence-electron chi connectivity index (χ4n) is 3.41. The topological polar surface area (TPSA) is 59.8 Å². The van der Waals surface area contributed by atoms with Gasteiger partial charge in [0.15, 0.2) is 11.0 Å². The summed E-state index contributed by atoms with van der Waals surface area (Å²) in [4.78, 5) is 12.9. The van der Waals surface area contributed by atoms with E-state index in [1.54, 1.807) is 0 Å². The molecule has 1 aromatic heterocycles. The summed E-state index contributed by atoms with van der Waals surface area (Å²) in [5.41, 5.74) is 3.94. The molecule has 7 heteroatoms. The van der Waals surface area contributed by atoms with E-state index < -0.39 is 0 Å². The Hall–Kier alpha value is -3.09. The first-order valence-corrected chi connectivity index (χ1v) is 12.1. The first-order chi connectivity index (χ1) is 16.0. The highest BCUT2D eigenvalue weighted by atomic mass is 35.5. The fourth-order valence-corrected chi connectivity index (χ4v) is 4.47. The van der Waals surface area contributed by atoms with Gasteiger partial charge in [-0.1, -0.05) is 84.9 Å². The zero-order valence-electron chi connectivity index (χ0n) is 18.5. The maximum absolute atomic E-state index is 12.9. The lowest BCUT2D eigenvalue weighted by molar-refractivity contribution is -0.115. The monoisotopic (exact) mass is 476 g/mol. The number of hydrogen-bond acceptors (Lipinski definition) is 4. The van der Waals surface area contributed by atoms with Crippen molar-refractivity contribution in [3.05, 3.63) is 95.0 Å². The predicted octanol–water partition coefficient (Wildman–Crippen LogP) is 6.33. The third-order valence-electron chi connectivity index (χ3n) is 5.30. The molecule has 168 valence electrons. The van der Waals surface area contributed by atoms with Gasteiger partial charge in [0.25, 0.3) is 0 Å². The fraction of sp³-hybridized carbons (Fsp3) is 0.192. The lowest BCUT2D eigenvalue weighted by atomic mass is 10.1. The number of nitrogens with one attached hydrogen (secondary N) is 1. The van der Waals surface area contributed by atoms with Crippen LogP contribution in [0.1, 0.15) is 25.0 Å². The highest BCUT2D eigenvalue weighted by molar-refractivity contribution is 8.00. The van der Waals surface area contributed by atoms with E-state index in [4.69, 9.17) is 11.6 Å². The number of carbonyl (C=O) groups excluding carboxylic acids is 1. The van der Waals surface area contributed by atoms with Gasteiger partial charge in [0.2, 0.25) is 5.91 Å². The number of aryl methyl sites for hydroxylation is 1. The van der Waals surface area contributed by atoms with Crippen molar-refractivity contribution in [2.24, 2.45) is 0 Å². The van der Waals surface area contributed by atoms with Crippen molar-refractivity contribution in [1.29, 1.82) is 0 Å². The van der Waals surface area contributed by atoms with Gasteiger partial charge in [0.05, 0.1) is 16.8 Å². The molecule has 1 atom stereocenters. The molecule has 1 unspecified atom stereocenters. The molecule has 1 N–H and O–H groups in total. The molecule has 4 aromatic rings. The van der Waals surface area contributed by atoms with Gasteiger partial charge in [-0.2, -0.15) is 0 Å². The summed E-state index contributed by atoms with van der Waals surface area (Å²) in [5, 5.41) is 12.8. The Morgan fingerprint density at radius 2 is 1.67 bits per heavy atom. The van der Waals surface area contributed by atoms with Crippen LogP contribution in [0, 0.1) is 0 Å². The van der Waals surface area contributed by atoms with Crippen molar-refractivity contribution in [3.63, 3.8) is 0 Å². The average Bonchev–Trinajstić information content (AvgIpc) is 3.22. The molecule has 5 nitrogen and oxygen atoms in total. The number of thioether (sulfide) groups is 1. The van der Waals surface area contributed by atoms with Crippen LogP contribution >= 0.6 is 23.4 Å². The standard InChI is InChI=1S/C26H25ClN4OS/c1-3-19-13-15-21(16-14-19)28-25(32)18(2)33-26-30-29-24(22-11-7-8-12-23(22)27)31(26)17-20-9-5-4-6-10-20/h4-16,18H,3,17H2,1-2H3,(H,28,32). The van der Waals surface area contributed by atoms with Crippen LogP contribution in [0.3, 0.4) is 0 Å². The van der Waals surface area contributed by atoms with Gasteiger partial charge in [-0.25, -0.2) is 0 Å². The molecule has 0 aliphatic carbocycles. The molecule has 3 aromatic carbocycles. The second-order valence-corrected chi connectivity index (χ2v) is 9.37. The highest BCUT2D eigenvalue weighted by Crippen LogP contribution is 2.31. The van der Waals surface area contributed by atoms with Gasteiger partial charge < -0.3 is 5.32 Å². The van der Waals surface area contributed by atoms with Crippen molar-refractivity contribution >= 4 is 35.0 Å². The Bertz CT molecular complexity index is 1220. The van der Waals surface area contributed by atoms with Crippen molar-refractivity contribution in [3.8, 4) is 11.4 Å². The Morgan fingerprint density at radius 1 is 0.970 bits per heavy atom. The summed E-state index contributed by atoms with van der Waals surface area (Å²) >= 11 is 7.84. The number of anilines is 1. The Labute approximate surface area is 203 Å². The third-order valence-corrected chi connectivity index (χ3v) is 6.71. The van der Waals surface area contributed by atoms with Gasteiger partial charge in [-0.3, -0.25) is 9.36 Å². The minimum absolute atomic E-state index is 0.0854. The number of carbonyl (C=O) groups is 1. The van der Waals surface area contributed by atoms with Crippen LogP contribution in [0.4, 0.5) is 5.69 Å². The van der Waals surface area contributed by atoms with Gasteiger partial charge in [-0.15, -0.1) is 10.2 Å². The molecule has 0 saturated carbocycles. The summed E-state index contributed by atoms with van der Waals surface area (Å²) in [6, 6.07) is 25.6. The van der Waals surface area contributed by atoms with Gasteiger partial charge in [-0.05, 0) is 48.7 Å². The smallest absolute Gasteiger partial charge is 0.237 e. The molecule has 0 spiro atoms. The average molecular weight is 477 g/mol. The van der Waals surface area contributed by atoms with Gasteiger partial charge in [0.1, 0.15) is 0 Å². The van der Waals surface area contributed by atoms with Crippen LogP contribution in [-0.2, 0) is 17.8 Å². The van der Waals surface area contributed by atoms with E-state index in [2.05, 4.69) is 34.6 Å². The first-order valence-electron chi connectivity index (χ1n) is 10.8. The summed E-state index contributed by atoms with van der Waals surface area (Å²) in [6.45, 7) is 4.55. The first kappa shape index (κ1) is 23.1. The van der Waals surface area contributed by atoms with E-state index >= 15 is 0 Å². The molecule has 0 fully saturated rings. The number of nitrogens with zero attached hydrogens (tertiary/aromatic N) is 3. The molecule has 0 aliphatic rings. The lowest BCUT2D eigenvalue weighted by Gasteiger charge is -2.14. The van der Waals surface area contributed by atoms with E-state index in [0.29, 0.717) is 22.5 Å². The SMILES string of the molecule is CCc1ccc(NC(=O)C(C)Sc2nnc(-c3ccccc3Cl)n2Cc2ccccc2)cc1. The quantitative estimate of drug-likeness (QED) is 0.302. The number of rotatable bonds is 8. The number of benzene rings is 3. The maximum Gasteiger partial charge on any atom is 0.237 e. The van der Waals surface area contributed by atoms with Crippen molar-refractivity contribution < 1.29 is 4.79 Å². The summed E-state index contributed by atoms with van der Waals surface area (Å²) in [6.07, 6.45) is 0.964. The predicted molar refractivity (Wildman–Crippen MR) is 136 cm³/mol. The van der Waals surface area contributed by atoms with E-state index in [1.807, 2.05) is 78.2 Å². The highest BCUT2D eigenvalue weighted by Gasteiger charge is 2.22. The Balaban J connectivity index is 1.58. The molecule has 1 heterocycles. The van der Waals surface area contributed by atoms with Crippen LogP contribution in [0.25, 0.3) is 11.4 Å². The molecule has 1 amide bonds. The molecule has 0 radical (unpaired) electrons. The Morgan fingerprint density at radius 3 is 2.36 bits per heavy atom. The molecular weight excluding hydrogens is 452 g/mol. The minimum Gasteiger partial charge on any atom is -0.325 e. The van der Waals surface area contributed by atoms with E-state index in [0.717, 1.165) is 23.2 Å². The summed E-state index contributed by atoms with van der Waals surface area (Å²) in [7, 11) is 0. The van der Waals surface area contributed by atoms with Crippen molar-refractivity contribution in [2.45, 2.75) is 37.2 Å². The maximum atomic E-state index is 12.9. The van der Waals surface area contributed by atoms with E-state index in [9.17, 15) is 4.79 Å². The molecule has 4 rings (SSSR count). The molecule has 33 heavy (non-hydrogen) atoms. The Kier molecular flexibility index (Phi) is 7.47. The summed E-state index contributed by atoms with van der Waals surface area (Å²) < 4.78 is 2.01. The summed E-state index contributed by atoms with van der Waals surface area (Å²) in [5.74, 6) is 0.590.